The highest BCUT2D eigenvalue weighted by Gasteiger charge is 2.26. The molecule has 1 saturated carbocycles. The van der Waals surface area contributed by atoms with Crippen LogP contribution in [0.1, 0.15) is 31.2 Å². The number of hydrogen-bond acceptors (Lipinski definition) is 4. The van der Waals surface area contributed by atoms with Gasteiger partial charge in [-0.15, -0.1) is 11.6 Å². The Morgan fingerprint density at radius 1 is 1.05 bits per heavy atom. The monoisotopic (exact) mass is 280 g/mol. The largest absolute Gasteiger partial charge is 0.338 e. The maximum Gasteiger partial charge on any atom is 0.225 e. The first kappa shape index (κ1) is 13.1. The predicted molar refractivity (Wildman–Crippen MR) is 77.6 cm³/mol. The molecule has 1 aliphatic carbocycles. The number of halogens is 1. The highest BCUT2D eigenvalue weighted by atomic mass is 35.5. The van der Waals surface area contributed by atoms with Crippen molar-refractivity contribution in [3.8, 4) is 0 Å². The van der Waals surface area contributed by atoms with Crippen LogP contribution in [0.3, 0.4) is 0 Å². The molecule has 1 aromatic heterocycles. The summed E-state index contributed by atoms with van der Waals surface area (Å²) in [5.41, 5.74) is 0.981. The first-order chi connectivity index (χ1) is 9.36. The van der Waals surface area contributed by atoms with Crippen molar-refractivity contribution in [3.63, 3.8) is 0 Å². The summed E-state index contributed by atoms with van der Waals surface area (Å²) >= 11 is 5.76. The summed E-state index contributed by atoms with van der Waals surface area (Å²) in [6, 6.07) is 0.835. The number of piperazine rings is 1. The van der Waals surface area contributed by atoms with Gasteiger partial charge in [-0.05, 0) is 12.8 Å². The molecule has 19 heavy (non-hydrogen) atoms. The van der Waals surface area contributed by atoms with E-state index in [-0.39, 0.29) is 0 Å². The van der Waals surface area contributed by atoms with Gasteiger partial charge in [-0.1, -0.05) is 12.8 Å². The van der Waals surface area contributed by atoms with E-state index in [1.54, 1.807) is 0 Å². The molecule has 0 N–H and O–H groups in total. The Kier molecular flexibility index (Phi) is 4.18. The van der Waals surface area contributed by atoms with Gasteiger partial charge < -0.3 is 4.90 Å². The van der Waals surface area contributed by atoms with E-state index in [1.807, 2.05) is 12.4 Å². The van der Waals surface area contributed by atoms with Crippen LogP contribution in [0.15, 0.2) is 12.4 Å². The lowest BCUT2D eigenvalue weighted by Gasteiger charge is -2.38. The molecule has 3 rings (SSSR count). The van der Waals surface area contributed by atoms with Gasteiger partial charge in [0.15, 0.2) is 0 Å². The summed E-state index contributed by atoms with van der Waals surface area (Å²) in [6.07, 6.45) is 9.26. The van der Waals surface area contributed by atoms with Crippen LogP contribution >= 0.6 is 11.6 Å². The Morgan fingerprint density at radius 2 is 1.68 bits per heavy atom. The van der Waals surface area contributed by atoms with E-state index in [2.05, 4.69) is 19.8 Å². The van der Waals surface area contributed by atoms with Gasteiger partial charge in [-0.3, -0.25) is 4.90 Å². The van der Waals surface area contributed by atoms with Gasteiger partial charge in [0, 0.05) is 50.2 Å². The molecule has 2 aliphatic rings. The standard InChI is InChI=1S/C14H21ClN4/c15-9-12-10-16-14(17-11-12)19-7-5-18(6-8-19)13-3-1-2-4-13/h10-11,13H,1-9H2. The van der Waals surface area contributed by atoms with Crippen LogP contribution in [0, 0.1) is 0 Å². The van der Waals surface area contributed by atoms with Crippen LogP contribution < -0.4 is 4.90 Å². The SMILES string of the molecule is ClCc1cnc(N2CCN(C3CCCC3)CC2)nc1. The first-order valence-corrected chi connectivity index (χ1v) is 7.76. The van der Waals surface area contributed by atoms with Crippen LogP contribution in [0.5, 0.6) is 0 Å². The number of alkyl halides is 1. The van der Waals surface area contributed by atoms with Gasteiger partial charge in [0.2, 0.25) is 5.95 Å². The minimum absolute atomic E-state index is 0.482. The molecule has 1 aromatic rings. The second kappa shape index (κ2) is 6.06. The van der Waals surface area contributed by atoms with Gasteiger partial charge in [0.1, 0.15) is 0 Å². The molecule has 1 aliphatic heterocycles. The molecule has 0 atom stereocenters. The zero-order valence-electron chi connectivity index (χ0n) is 11.3. The van der Waals surface area contributed by atoms with Crippen LogP contribution in [0.25, 0.3) is 0 Å². The zero-order valence-corrected chi connectivity index (χ0v) is 12.0. The Balaban J connectivity index is 1.56. The van der Waals surface area contributed by atoms with E-state index in [1.165, 1.54) is 25.7 Å². The van der Waals surface area contributed by atoms with Gasteiger partial charge in [0.05, 0.1) is 5.88 Å². The highest BCUT2D eigenvalue weighted by Crippen LogP contribution is 2.24. The quantitative estimate of drug-likeness (QED) is 0.795. The topological polar surface area (TPSA) is 32.3 Å². The summed E-state index contributed by atoms with van der Waals surface area (Å²) in [4.78, 5) is 13.7. The van der Waals surface area contributed by atoms with Crippen molar-refractivity contribution in [2.45, 2.75) is 37.6 Å². The van der Waals surface area contributed by atoms with E-state index in [0.717, 1.165) is 43.7 Å². The van der Waals surface area contributed by atoms with Crippen molar-refractivity contribution in [1.29, 1.82) is 0 Å². The third kappa shape index (κ3) is 3.00. The molecule has 4 nitrogen and oxygen atoms in total. The van der Waals surface area contributed by atoms with Crippen molar-refractivity contribution >= 4 is 17.5 Å². The smallest absolute Gasteiger partial charge is 0.225 e. The lowest BCUT2D eigenvalue weighted by molar-refractivity contribution is 0.187. The number of aromatic nitrogens is 2. The summed E-state index contributed by atoms with van der Waals surface area (Å²) in [7, 11) is 0. The van der Waals surface area contributed by atoms with Gasteiger partial charge >= 0.3 is 0 Å². The number of anilines is 1. The molecule has 0 unspecified atom stereocenters. The van der Waals surface area contributed by atoms with Crippen LogP contribution in [-0.4, -0.2) is 47.1 Å². The summed E-state index contributed by atoms with van der Waals surface area (Å²) in [6.45, 7) is 4.37. The number of nitrogens with zero attached hydrogens (tertiary/aromatic N) is 4. The highest BCUT2D eigenvalue weighted by molar-refractivity contribution is 6.17. The molecule has 0 amide bonds. The maximum atomic E-state index is 5.76. The molecule has 0 aromatic carbocycles. The van der Waals surface area contributed by atoms with Gasteiger partial charge in [-0.25, -0.2) is 9.97 Å². The van der Waals surface area contributed by atoms with Crippen LogP contribution in [0.4, 0.5) is 5.95 Å². The second-order valence-corrected chi connectivity index (χ2v) is 5.75. The molecule has 0 radical (unpaired) electrons. The Bertz CT molecular complexity index is 394. The third-order valence-electron chi connectivity index (χ3n) is 4.28. The van der Waals surface area contributed by atoms with E-state index in [4.69, 9.17) is 11.6 Å². The van der Waals surface area contributed by atoms with Crippen LogP contribution in [0.2, 0.25) is 0 Å². The second-order valence-electron chi connectivity index (χ2n) is 5.49. The van der Waals surface area contributed by atoms with E-state index in [9.17, 15) is 0 Å². The number of hydrogen-bond donors (Lipinski definition) is 0. The Labute approximate surface area is 119 Å². The van der Waals surface area contributed by atoms with E-state index >= 15 is 0 Å². The van der Waals surface area contributed by atoms with Gasteiger partial charge in [-0.2, -0.15) is 0 Å². The average Bonchev–Trinajstić information content (AvgIpc) is 3.02. The average molecular weight is 281 g/mol. The minimum atomic E-state index is 0.482. The molecule has 5 heteroatoms. The third-order valence-corrected chi connectivity index (χ3v) is 4.59. The molecule has 0 spiro atoms. The maximum absolute atomic E-state index is 5.76. The fourth-order valence-electron chi connectivity index (χ4n) is 3.14. The zero-order chi connectivity index (χ0) is 13.1. The normalized spacial score (nSPS) is 22.1. The molecule has 1 saturated heterocycles. The van der Waals surface area contributed by atoms with Crippen molar-refractivity contribution < 1.29 is 0 Å². The molecule has 2 fully saturated rings. The van der Waals surface area contributed by atoms with Crippen molar-refractivity contribution in [3.05, 3.63) is 18.0 Å². The summed E-state index contributed by atoms with van der Waals surface area (Å²) < 4.78 is 0. The van der Waals surface area contributed by atoms with Crippen molar-refractivity contribution in [2.24, 2.45) is 0 Å². The van der Waals surface area contributed by atoms with E-state index in [0.29, 0.717) is 5.88 Å². The first-order valence-electron chi connectivity index (χ1n) is 7.22. The predicted octanol–water partition coefficient (Wildman–Crippen LogP) is 2.28. The molecule has 2 heterocycles. The lowest BCUT2D eigenvalue weighted by atomic mass is 10.2. The fraction of sp³-hybridized carbons (Fsp3) is 0.714. The summed E-state index contributed by atoms with van der Waals surface area (Å²) in [5, 5.41) is 0. The van der Waals surface area contributed by atoms with Crippen LogP contribution in [-0.2, 0) is 5.88 Å². The number of rotatable bonds is 3. The molecular weight excluding hydrogens is 260 g/mol. The Morgan fingerprint density at radius 3 is 2.26 bits per heavy atom. The van der Waals surface area contributed by atoms with Gasteiger partial charge in [0.25, 0.3) is 0 Å². The fourth-order valence-corrected chi connectivity index (χ4v) is 3.27. The summed E-state index contributed by atoms with van der Waals surface area (Å²) in [5.74, 6) is 1.33. The Hall–Kier alpha value is -0.870. The minimum Gasteiger partial charge on any atom is -0.338 e. The molecular formula is C14H21ClN4. The van der Waals surface area contributed by atoms with Crippen molar-refractivity contribution in [1.82, 2.24) is 14.9 Å². The van der Waals surface area contributed by atoms with Crippen molar-refractivity contribution in [2.75, 3.05) is 31.1 Å². The molecule has 104 valence electrons. The van der Waals surface area contributed by atoms with E-state index < -0.39 is 0 Å². The lowest BCUT2D eigenvalue weighted by Crippen LogP contribution is -2.50. The molecule has 0 bridgehead atoms.